The van der Waals surface area contributed by atoms with Crippen LogP contribution in [0.2, 0.25) is 5.02 Å². The fraction of sp³-hybridized carbons (Fsp3) is 0.320. The van der Waals surface area contributed by atoms with Crippen LogP contribution >= 0.6 is 11.6 Å². The van der Waals surface area contributed by atoms with Crippen molar-refractivity contribution in [3.8, 4) is 5.75 Å². The Balaban J connectivity index is 0.000000479. The summed E-state index contributed by atoms with van der Waals surface area (Å²) in [6.07, 6.45) is -2.16. The minimum absolute atomic E-state index is 0.0958. The summed E-state index contributed by atoms with van der Waals surface area (Å²) in [6, 6.07) is 17.4. The Kier molecular flexibility index (Phi) is 9.93. The third-order valence-electron chi connectivity index (χ3n) is 5.20. The van der Waals surface area contributed by atoms with Gasteiger partial charge >= 0.3 is 12.1 Å². The number of carbonyl (C=O) groups is 2. The van der Waals surface area contributed by atoms with E-state index in [4.69, 9.17) is 36.1 Å². The number of fused-ring (bicyclic) bond motifs is 1. The maximum Gasteiger partial charge on any atom is 0.490 e. The van der Waals surface area contributed by atoms with Crippen molar-refractivity contribution in [1.29, 1.82) is 0 Å². The molecule has 2 N–H and O–H groups in total. The van der Waals surface area contributed by atoms with Crippen LogP contribution in [0.3, 0.4) is 0 Å². The van der Waals surface area contributed by atoms with Crippen molar-refractivity contribution >= 4 is 23.5 Å². The summed E-state index contributed by atoms with van der Waals surface area (Å²) in [6.45, 7) is 1.99. The van der Waals surface area contributed by atoms with Gasteiger partial charge in [-0.25, -0.2) is 4.79 Å². The Labute approximate surface area is 215 Å². The third-order valence-corrected chi connectivity index (χ3v) is 5.52. The van der Waals surface area contributed by atoms with Gasteiger partial charge in [0.25, 0.3) is 0 Å². The van der Waals surface area contributed by atoms with Crippen LogP contribution in [-0.2, 0) is 27.3 Å². The highest BCUT2D eigenvalue weighted by Crippen LogP contribution is 2.26. The number of rotatable bonds is 8. The predicted octanol–water partition coefficient (Wildman–Crippen LogP) is 4.42. The molecular weight excluding hydrogens is 515 g/mol. The average molecular weight is 540 g/mol. The van der Waals surface area contributed by atoms with Gasteiger partial charge in [0.05, 0.1) is 36.9 Å². The molecule has 8 nitrogen and oxygen atoms in total. The van der Waals surface area contributed by atoms with Crippen LogP contribution in [0.4, 0.5) is 13.2 Å². The van der Waals surface area contributed by atoms with Crippen molar-refractivity contribution in [2.24, 2.45) is 0 Å². The van der Waals surface area contributed by atoms with Crippen LogP contribution in [-0.4, -0.2) is 52.7 Å². The molecule has 1 amide bonds. The van der Waals surface area contributed by atoms with E-state index in [9.17, 15) is 18.0 Å². The number of halogens is 4. The van der Waals surface area contributed by atoms with Gasteiger partial charge in [0.1, 0.15) is 11.9 Å². The highest BCUT2D eigenvalue weighted by atomic mass is 35.5. The highest BCUT2D eigenvalue weighted by molar-refractivity contribution is 6.32. The number of alkyl halides is 3. The predicted molar refractivity (Wildman–Crippen MR) is 128 cm³/mol. The Morgan fingerprint density at radius 1 is 1.16 bits per heavy atom. The Hall–Kier alpha value is -3.57. The van der Waals surface area contributed by atoms with Crippen LogP contribution < -0.4 is 10.1 Å². The largest absolute Gasteiger partial charge is 0.491 e. The van der Waals surface area contributed by atoms with Crippen molar-refractivity contribution in [2.75, 3.05) is 19.8 Å². The molecule has 0 fully saturated rings. The summed E-state index contributed by atoms with van der Waals surface area (Å²) in [5.74, 6) is -2.27. The molecule has 0 spiro atoms. The lowest BCUT2D eigenvalue weighted by Gasteiger charge is -2.22. The Bertz CT molecular complexity index is 1190. The number of nitrogens with zero attached hydrogens (tertiary/aromatic N) is 2. The molecule has 2 aromatic carbocycles. The summed E-state index contributed by atoms with van der Waals surface area (Å²) >= 11 is 6.05. The van der Waals surface area contributed by atoms with Gasteiger partial charge in [-0.15, -0.1) is 0 Å². The van der Waals surface area contributed by atoms with E-state index in [0.717, 1.165) is 12.1 Å². The first-order chi connectivity index (χ1) is 17.6. The first kappa shape index (κ1) is 28.0. The SMILES string of the molecule is O=C(CCOc1ccccc1Cl)NCC1OCCc2cn(Cc3ccccc3)nc21.O=C(O)C(F)(F)F. The minimum atomic E-state index is -5.08. The number of benzene rings is 2. The zero-order chi connectivity index (χ0) is 26.8. The van der Waals surface area contributed by atoms with Crippen LogP contribution in [0.1, 0.15) is 29.3 Å². The van der Waals surface area contributed by atoms with Crippen molar-refractivity contribution in [3.05, 3.63) is 82.6 Å². The molecular formula is C25H25ClF3N3O5. The second-order valence-electron chi connectivity index (χ2n) is 7.97. The second kappa shape index (κ2) is 13.1. The zero-order valence-corrected chi connectivity index (χ0v) is 20.3. The lowest BCUT2D eigenvalue weighted by atomic mass is 10.1. The number of hydrogen-bond donors (Lipinski definition) is 2. The number of nitrogens with one attached hydrogen (secondary N) is 1. The smallest absolute Gasteiger partial charge is 0.490 e. The molecule has 1 aliphatic rings. The van der Waals surface area contributed by atoms with Gasteiger partial charge in [-0.05, 0) is 29.7 Å². The molecule has 1 unspecified atom stereocenters. The number of para-hydroxylation sites is 1. The fourth-order valence-electron chi connectivity index (χ4n) is 3.45. The molecule has 0 aliphatic carbocycles. The third kappa shape index (κ3) is 8.80. The van der Waals surface area contributed by atoms with Gasteiger partial charge in [0.2, 0.25) is 5.91 Å². The highest BCUT2D eigenvalue weighted by Gasteiger charge is 2.38. The maximum atomic E-state index is 12.2. The summed E-state index contributed by atoms with van der Waals surface area (Å²) in [4.78, 5) is 21.1. The number of amides is 1. The van der Waals surface area contributed by atoms with E-state index in [0.29, 0.717) is 30.5 Å². The molecule has 12 heteroatoms. The first-order valence-corrected chi connectivity index (χ1v) is 11.7. The van der Waals surface area contributed by atoms with E-state index in [-0.39, 0.29) is 25.0 Å². The second-order valence-corrected chi connectivity index (χ2v) is 8.38. The number of carboxylic acids is 1. The van der Waals surface area contributed by atoms with Crippen molar-refractivity contribution in [1.82, 2.24) is 15.1 Å². The van der Waals surface area contributed by atoms with E-state index >= 15 is 0 Å². The Morgan fingerprint density at radius 2 is 1.84 bits per heavy atom. The molecule has 37 heavy (non-hydrogen) atoms. The minimum Gasteiger partial charge on any atom is -0.491 e. The molecule has 1 atom stereocenters. The first-order valence-electron chi connectivity index (χ1n) is 11.3. The molecule has 0 saturated heterocycles. The molecule has 198 valence electrons. The molecule has 2 heterocycles. The van der Waals surface area contributed by atoms with Crippen LogP contribution in [0.15, 0.2) is 60.8 Å². The molecule has 3 aromatic rings. The van der Waals surface area contributed by atoms with E-state index in [1.165, 1.54) is 11.1 Å². The monoisotopic (exact) mass is 539 g/mol. The van der Waals surface area contributed by atoms with Crippen molar-refractivity contribution in [3.63, 3.8) is 0 Å². The standard InChI is InChI=1S/C23H24ClN3O3.C2HF3O2/c24-19-8-4-5-9-20(19)29-13-11-22(28)25-14-21-23-18(10-12-30-21)16-27(26-23)15-17-6-2-1-3-7-17;3-2(4,5)1(6)7/h1-9,16,21H,10-15H2,(H,25,28);(H,6,7). The van der Waals surface area contributed by atoms with E-state index in [2.05, 4.69) is 23.6 Å². The van der Waals surface area contributed by atoms with Crippen LogP contribution in [0.25, 0.3) is 0 Å². The van der Waals surface area contributed by atoms with Gasteiger partial charge in [0, 0.05) is 12.7 Å². The van der Waals surface area contributed by atoms with Gasteiger partial charge in [-0.1, -0.05) is 54.1 Å². The molecule has 1 aromatic heterocycles. The quantitative estimate of drug-likeness (QED) is 0.439. The summed E-state index contributed by atoms with van der Waals surface area (Å²) in [5, 5.41) is 15.3. The number of hydrogen-bond acceptors (Lipinski definition) is 5. The number of ether oxygens (including phenoxy) is 2. The topological polar surface area (TPSA) is 103 Å². The number of carbonyl (C=O) groups excluding carboxylic acids is 1. The van der Waals surface area contributed by atoms with Crippen molar-refractivity contribution < 1.29 is 37.3 Å². The van der Waals surface area contributed by atoms with E-state index in [1.807, 2.05) is 35.0 Å². The Morgan fingerprint density at radius 3 is 2.51 bits per heavy atom. The normalized spacial score (nSPS) is 14.6. The lowest BCUT2D eigenvalue weighted by molar-refractivity contribution is -0.192. The summed E-state index contributed by atoms with van der Waals surface area (Å²) in [7, 11) is 0. The van der Waals surface area contributed by atoms with Crippen LogP contribution in [0, 0.1) is 0 Å². The van der Waals surface area contributed by atoms with Gasteiger partial charge in [0.15, 0.2) is 0 Å². The fourth-order valence-corrected chi connectivity index (χ4v) is 3.64. The lowest BCUT2D eigenvalue weighted by Crippen LogP contribution is -2.32. The molecule has 0 radical (unpaired) electrons. The van der Waals surface area contributed by atoms with Gasteiger partial charge in [-0.2, -0.15) is 18.3 Å². The number of carboxylic acid groups (broad SMARTS) is 1. The van der Waals surface area contributed by atoms with Gasteiger partial charge in [-0.3, -0.25) is 9.48 Å². The molecule has 0 saturated carbocycles. The average Bonchev–Trinajstić information content (AvgIpc) is 3.27. The zero-order valence-electron chi connectivity index (χ0n) is 19.6. The maximum absolute atomic E-state index is 12.2. The summed E-state index contributed by atoms with van der Waals surface area (Å²) in [5.41, 5.74) is 3.28. The molecule has 1 aliphatic heterocycles. The van der Waals surface area contributed by atoms with E-state index in [1.54, 1.807) is 12.1 Å². The number of aliphatic carboxylic acids is 1. The van der Waals surface area contributed by atoms with Crippen molar-refractivity contribution in [2.45, 2.75) is 31.7 Å². The van der Waals surface area contributed by atoms with E-state index < -0.39 is 12.1 Å². The van der Waals surface area contributed by atoms with Crippen LogP contribution in [0.5, 0.6) is 5.75 Å². The molecule has 0 bridgehead atoms. The summed E-state index contributed by atoms with van der Waals surface area (Å²) < 4.78 is 45.1. The van der Waals surface area contributed by atoms with Gasteiger partial charge < -0.3 is 19.9 Å². The molecule has 4 rings (SSSR count). The number of aromatic nitrogens is 2.